The van der Waals surface area contributed by atoms with E-state index < -0.39 is 10.0 Å². The van der Waals surface area contributed by atoms with E-state index in [1.807, 2.05) is 6.07 Å². The fraction of sp³-hybridized carbons (Fsp3) is 0.600. The second kappa shape index (κ2) is 5.71. The van der Waals surface area contributed by atoms with Crippen molar-refractivity contribution in [1.29, 1.82) is 5.26 Å². The molecule has 0 spiro atoms. The average Bonchev–Trinajstić information content (AvgIpc) is 2.53. The highest BCUT2D eigenvalue weighted by Crippen LogP contribution is 2.33. The summed E-state index contributed by atoms with van der Waals surface area (Å²) in [4.78, 5) is 4.00. The van der Waals surface area contributed by atoms with Gasteiger partial charge in [0.05, 0.1) is 6.61 Å². The van der Waals surface area contributed by atoms with Gasteiger partial charge in [0.1, 0.15) is 12.8 Å². The van der Waals surface area contributed by atoms with Gasteiger partial charge in [0.15, 0.2) is 10.4 Å². The first-order valence-corrected chi connectivity index (χ1v) is 8.61. The molecule has 90 valence electrons. The lowest BCUT2D eigenvalue weighted by Crippen LogP contribution is -2.09. The lowest BCUT2D eigenvalue weighted by molar-refractivity contribution is 0.0880. The minimum Gasteiger partial charge on any atom is -0.360 e. The molecule has 0 aliphatic heterocycles. The van der Waals surface area contributed by atoms with Crippen LogP contribution in [0, 0.1) is 11.3 Å². The number of ether oxygens (including phenoxy) is 1. The fourth-order valence-electron chi connectivity index (χ4n) is 1.01. The summed E-state index contributed by atoms with van der Waals surface area (Å²) in [5, 5.41) is 8.67. The van der Waals surface area contributed by atoms with Crippen LogP contribution in [-0.4, -0.2) is 40.7 Å². The predicted molar refractivity (Wildman–Crippen MR) is 70.8 cm³/mol. The highest BCUT2D eigenvalue weighted by molar-refractivity contribution is 9.10. The number of nitriles is 1. The van der Waals surface area contributed by atoms with Gasteiger partial charge in [-0.25, -0.2) is 15.0 Å². The zero-order valence-corrected chi connectivity index (χ0v) is 12.1. The van der Waals surface area contributed by atoms with Crippen LogP contribution in [0.4, 0.5) is 0 Å². The summed E-state index contributed by atoms with van der Waals surface area (Å²) < 4.78 is 7.94. The summed E-state index contributed by atoms with van der Waals surface area (Å²) >= 11 is 3.28. The lowest BCUT2D eigenvalue weighted by atomic mass is 10.5. The van der Waals surface area contributed by atoms with Crippen LogP contribution in [0.25, 0.3) is 0 Å². The van der Waals surface area contributed by atoms with Crippen LogP contribution in [0.15, 0.2) is 10.9 Å². The summed E-state index contributed by atoms with van der Waals surface area (Å²) in [5.41, 5.74) is 0.400. The van der Waals surface area contributed by atoms with Crippen LogP contribution in [0.5, 0.6) is 0 Å². The zero-order chi connectivity index (χ0) is 12.2. The molecule has 1 aromatic heterocycles. The Balaban J connectivity index is 2.38. The summed E-state index contributed by atoms with van der Waals surface area (Å²) in [7, 11) is -0.502. The standard InChI is InChI=1S/C10H16BrN3OS/c1-16(2,3)5-4-15-8-14-7-9(6-12)13-10(14)11/h7H,4-5,8H2,1-3H3. The van der Waals surface area contributed by atoms with Crippen molar-refractivity contribution in [3.63, 3.8) is 0 Å². The van der Waals surface area contributed by atoms with Crippen molar-refractivity contribution in [2.45, 2.75) is 6.73 Å². The van der Waals surface area contributed by atoms with Gasteiger partial charge in [0.2, 0.25) is 0 Å². The van der Waals surface area contributed by atoms with Crippen LogP contribution >= 0.6 is 26.0 Å². The molecule has 0 bridgehead atoms. The highest BCUT2D eigenvalue weighted by atomic mass is 79.9. The predicted octanol–water partition coefficient (Wildman–Crippen LogP) is 2.19. The number of rotatable bonds is 5. The van der Waals surface area contributed by atoms with Gasteiger partial charge >= 0.3 is 0 Å². The number of imidazole rings is 1. The first kappa shape index (κ1) is 13.6. The van der Waals surface area contributed by atoms with Gasteiger partial charge in [0.25, 0.3) is 0 Å². The molecular weight excluding hydrogens is 290 g/mol. The van der Waals surface area contributed by atoms with Gasteiger partial charge in [0, 0.05) is 11.9 Å². The number of nitrogens with zero attached hydrogens (tertiary/aromatic N) is 3. The quantitative estimate of drug-likeness (QED) is 0.784. The van der Waals surface area contributed by atoms with Crippen LogP contribution in [0.2, 0.25) is 0 Å². The largest absolute Gasteiger partial charge is 0.360 e. The first-order chi connectivity index (χ1) is 7.42. The smallest absolute Gasteiger partial charge is 0.180 e. The molecule has 0 amide bonds. The second-order valence-electron chi connectivity index (χ2n) is 4.31. The second-order valence-corrected chi connectivity index (χ2v) is 9.61. The first-order valence-electron chi connectivity index (χ1n) is 4.79. The summed E-state index contributed by atoms with van der Waals surface area (Å²) in [6.07, 6.45) is 8.46. The third-order valence-electron chi connectivity index (χ3n) is 1.91. The van der Waals surface area contributed by atoms with Crippen molar-refractivity contribution in [3.8, 4) is 6.07 Å². The van der Waals surface area contributed by atoms with Gasteiger partial charge in [-0.05, 0) is 34.7 Å². The molecule has 1 rings (SSSR count). The molecule has 0 atom stereocenters. The van der Waals surface area contributed by atoms with E-state index in [1.165, 1.54) is 0 Å². The van der Waals surface area contributed by atoms with Crippen LogP contribution in [-0.2, 0) is 11.5 Å². The number of halogens is 1. The zero-order valence-electron chi connectivity index (χ0n) is 9.73. The summed E-state index contributed by atoms with van der Waals surface area (Å²) in [6.45, 7) is 1.18. The van der Waals surface area contributed by atoms with Crippen LogP contribution in [0.3, 0.4) is 0 Å². The molecule has 0 aliphatic carbocycles. The maximum atomic E-state index is 8.67. The number of aromatic nitrogens is 2. The topological polar surface area (TPSA) is 50.8 Å². The van der Waals surface area contributed by atoms with E-state index in [1.54, 1.807) is 10.8 Å². The Morgan fingerprint density at radius 2 is 2.25 bits per heavy atom. The highest BCUT2D eigenvalue weighted by Gasteiger charge is 2.06. The van der Waals surface area contributed by atoms with Crippen LogP contribution < -0.4 is 0 Å². The fourth-order valence-corrected chi connectivity index (χ4v) is 2.02. The van der Waals surface area contributed by atoms with Gasteiger partial charge in [-0.2, -0.15) is 5.26 Å². The molecule has 0 fully saturated rings. The molecule has 0 saturated carbocycles. The van der Waals surface area contributed by atoms with Gasteiger partial charge in [-0.15, -0.1) is 0 Å². The monoisotopic (exact) mass is 305 g/mol. The Hall–Kier alpha value is -0.510. The van der Waals surface area contributed by atoms with E-state index in [-0.39, 0.29) is 0 Å². The number of hydrogen-bond acceptors (Lipinski definition) is 3. The van der Waals surface area contributed by atoms with Crippen molar-refractivity contribution in [1.82, 2.24) is 9.55 Å². The molecule has 16 heavy (non-hydrogen) atoms. The molecule has 0 aliphatic rings. The third-order valence-corrected chi connectivity index (χ3v) is 3.94. The van der Waals surface area contributed by atoms with Gasteiger partial charge in [-0.3, -0.25) is 0 Å². The molecule has 0 unspecified atom stereocenters. The van der Waals surface area contributed by atoms with Crippen molar-refractivity contribution in [2.24, 2.45) is 0 Å². The van der Waals surface area contributed by atoms with E-state index in [9.17, 15) is 0 Å². The maximum Gasteiger partial charge on any atom is 0.180 e. The Kier molecular flexibility index (Phi) is 4.84. The molecular formula is C10H16BrN3OS. The Labute approximate surface area is 106 Å². The Morgan fingerprint density at radius 1 is 1.56 bits per heavy atom. The summed E-state index contributed by atoms with van der Waals surface area (Å²) in [6, 6.07) is 1.99. The van der Waals surface area contributed by atoms with Crippen LogP contribution in [0.1, 0.15) is 5.69 Å². The molecule has 4 nitrogen and oxygen atoms in total. The van der Waals surface area contributed by atoms with E-state index in [0.29, 0.717) is 17.2 Å². The molecule has 1 aromatic rings. The average molecular weight is 306 g/mol. The molecule has 0 N–H and O–H groups in total. The Bertz CT molecular complexity index is 392. The van der Waals surface area contributed by atoms with Gasteiger partial charge < -0.3 is 9.30 Å². The third kappa shape index (κ3) is 4.56. The van der Waals surface area contributed by atoms with E-state index in [4.69, 9.17) is 10.00 Å². The lowest BCUT2D eigenvalue weighted by Gasteiger charge is -2.24. The van der Waals surface area contributed by atoms with E-state index in [2.05, 4.69) is 39.7 Å². The molecule has 1 heterocycles. The van der Waals surface area contributed by atoms with Crippen molar-refractivity contribution < 1.29 is 4.74 Å². The number of hydrogen-bond donors (Lipinski definition) is 0. The minimum absolute atomic E-state index is 0.400. The van der Waals surface area contributed by atoms with E-state index in [0.717, 1.165) is 12.4 Å². The van der Waals surface area contributed by atoms with Crippen molar-refractivity contribution >= 4 is 26.0 Å². The van der Waals surface area contributed by atoms with Gasteiger partial charge in [-0.1, -0.05) is 0 Å². The molecule has 0 radical (unpaired) electrons. The van der Waals surface area contributed by atoms with E-state index >= 15 is 0 Å². The minimum atomic E-state index is -0.502. The SMILES string of the molecule is CS(C)(C)CCOCn1cc(C#N)nc1Br. The molecule has 0 aromatic carbocycles. The van der Waals surface area contributed by atoms with Crippen molar-refractivity contribution in [3.05, 3.63) is 16.6 Å². The molecule has 0 saturated heterocycles. The Morgan fingerprint density at radius 3 is 2.75 bits per heavy atom. The molecule has 6 heteroatoms. The van der Waals surface area contributed by atoms with Crippen molar-refractivity contribution in [2.75, 3.05) is 31.1 Å². The maximum absolute atomic E-state index is 8.67. The summed E-state index contributed by atoms with van der Waals surface area (Å²) in [5.74, 6) is 1.09. The normalized spacial score (nSPS) is 12.4.